The minimum Gasteiger partial charge on any atom is -0.371 e. The maximum atomic E-state index is 13.5. The fraction of sp³-hybridized carbons (Fsp3) is 0.700. The average Bonchev–Trinajstić information content (AvgIpc) is 2.61. The van der Waals surface area contributed by atoms with E-state index in [4.69, 9.17) is 11.6 Å². The second-order valence-corrected chi connectivity index (χ2v) is 8.76. The van der Waals surface area contributed by atoms with Gasteiger partial charge < -0.3 is 10.2 Å². The van der Waals surface area contributed by atoms with E-state index in [1.807, 2.05) is 6.07 Å². The van der Waals surface area contributed by atoms with Crippen LogP contribution < -0.4 is 10.2 Å². The molecule has 0 aliphatic carbocycles. The van der Waals surface area contributed by atoms with Crippen molar-refractivity contribution in [3.05, 3.63) is 28.8 Å². The molecule has 0 aromatic heterocycles. The molecular formula is C20H29ClF3N3. The molecule has 1 atom stereocenters. The number of hydrogen-bond acceptors (Lipinski definition) is 3. The van der Waals surface area contributed by atoms with Crippen LogP contribution in [0.4, 0.5) is 18.9 Å². The molecule has 0 amide bonds. The summed E-state index contributed by atoms with van der Waals surface area (Å²) < 4.78 is 40.4. The maximum Gasteiger partial charge on any atom is 0.397 e. The summed E-state index contributed by atoms with van der Waals surface area (Å²) in [6, 6.07) is 6.14. The third kappa shape index (κ3) is 4.38. The van der Waals surface area contributed by atoms with Crippen LogP contribution >= 0.6 is 11.6 Å². The van der Waals surface area contributed by atoms with Crippen molar-refractivity contribution in [2.24, 2.45) is 0 Å². The second-order valence-electron chi connectivity index (χ2n) is 8.36. The van der Waals surface area contributed by atoms with Crippen molar-refractivity contribution in [1.29, 1.82) is 0 Å². The summed E-state index contributed by atoms with van der Waals surface area (Å²) >= 11 is 6.13. The largest absolute Gasteiger partial charge is 0.397 e. The van der Waals surface area contributed by atoms with E-state index in [0.29, 0.717) is 12.1 Å². The number of hydrogen-bond donors (Lipinski definition) is 1. The first-order valence-electron chi connectivity index (χ1n) is 9.69. The Morgan fingerprint density at radius 3 is 2.37 bits per heavy atom. The predicted octanol–water partition coefficient (Wildman–Crippen LogP) is 4.44. The summed E-state index contributed by atoms with van der Waals surface area (Å²) in [4.78, 5) is 4.74. The topological polar surface area (TPSA) is 18.5 Å². The van der Waals surface area contributed by atoms with Crippen molar-refractivity contribution in [3.63, 3.8) is 0 Å². The van der Waals surface area contributed by atoms with Gasteiger partial charge in [-0.3, -0.25) is 4.90 Å². The van der Waals surface area contributed by atoms with E-state index in [2.05, 4.69) is 22.0 Å². The van der Waals surface area contributed by atoms with Gasteiger partial charge in [-0.15, -0.1) is 0 Å². The van der Waals surface area contributed by atoms with Crippen LogP contribution in [0.25, 0.3) is 0 Å². The van der Waals surface area contributed by atoms with E-state index < -0.39 is 11.6 Å². The van der Waals surface area contributed by atoms with Crippen LogP contribution in [0.15, 0.2) is 18.2 Å². The molecule has 3 nitrogen and oxygen atoms in total. The molecule has 1 aromatic rings. The first-order valence-corrected chi connectivity index (χ1v) is 10.1. The summed E-state index contributed by atoms with van der Waals surface area (Å²) in [5.74, 6) is 0. The number of nitrogens with zero attached hydrogens (tertiary/aromatic N) is 2. The third-order valence-electron chi connectivity index (χ3n) is 6.08. The lowest BCUT2D eigenvalue weighted by molar-refractivity contribution is -0.180. The highest BCUT2D eigenvalue weighted by molar-refractivity contribution is 6.31. The normalized spacial score (nSPS) is 23.7. The smallest absolute Gasteiger partial charge is 0.371 e. The molecule has 2 saturated heterocycles. The lowest BCUT2D eigenvalue weighted by Gasteiger charge is -2.43. The van der Waals surface area contributed by atoms with Crippen molar-refractivity contribution < 1.29 is 13.2 Å². The monoisotopic (exact) mass is 403 g/mol. The SMILES string of the molecule is CC1CN(C2CCN(c3ccc(Cl)c(C(C)(C)C(F)(F)F)c3)CC2)CCN1. The van der Waals surface area contributed by atoms with Crippen molar-refractivity contribution >= 4 is 17.3 Å². The van der Waals surface area contributed by atoms with Gasteiger partial charge in [0, 0.05) is 55.5 Å². The average molecular weight is 404 g/mol. The number of anilines is 1. The predicted molar refractivity (Wildman–Crippen MR) is 105 cm³/mol. The van der Waals surface area contributed by atoms with E-state index in [-0.39, 0.29) is 10.6 Å². The lowest BCUT2D eigenvalue weighted by Crippen LogP contribution is -2.55. The van der Waals surface area contributed by atoms with Gasteiger partial charge in [0.25, 0.3) is 0 Å². The molecule has 2 aliphatic rings. The molecule has 1 aromatic carbocycles. The van der Waals surface area contributed by atoms with Gasteiger partial charge in [-0.1, -0.05) is 11.6 Å². The number of piperazine rings is 1. The molecule has 2 aliphatic heterocycles. The van der Waals surface area contributed by atoms with Crippen molar-refractivity contribution in [1.82, 2.24) is 10.2 Å². The number of rotatable bonds is 3. The number of benzene rings is 1. The van der Waals surface area contributed by atoms with Gasteiger partial charge in [0.05, 0.1) is 5.41 Å². The van der Waals surface area contributed by atoms with Gasteiger partial charge in [0.2, 0.25) is 0 Å². The molecule has 7 heteroatoms. The van der Waals surface area contributed by atoms with Crippen LogP contribution in [-0.4, -0.2) is 55.9 Å². The molecule has 2 fully saturated rings. The fourth-order valence-corrected chi connectivity index (χ4v) is 4.48. The summed E-state index contributed by atoms with van der Waals surface area (Å²) in [6.07, 6.45) is -2.28. The molecule has 1 N–H and O–H groups in total. The quantitative estimate of drug-likeness (QED) is 0.804. The van der Waals surface area contributed by atoms with Crippen LogP contribution in [0.3, 0.4) is 0 Å². The van der Waals surface area contributed by atoms with Crippen LogP contribution in [-0.2, 0) is 5.41 Å². The third-order valence-corrected chi connectivity index (χ3v) is 6.41. The Hall–Kier alpha value is -0.980. The first kappa shape index (κ1) is 20.7. The molecule has 0 saturated carbocycles. The molecule has 2 heterocycles. The zero-order valence-electron chi connectivity index (χ0n) is 16.2. The van der Waals surface area contributed by atoms with Gasteiger partial charge in [0.15, 0.2) is 0 Å². The van der Waals surface area contributed by atoms with Crippen molar-refractivity contribution in [2.75, 3.05) is 37.6 Å². The second kappa shape index (κ2) is 7.80. The van der Waals surface area contributed by atoms with Crippen LogP contribution in [0.5, 0.6) is 0 Å². The standard InChI is InChI=1S/C20H29ClF3N3/c1-14-13-27(11-8-25-14)15-6-9-26(10-7-15)16-4-5-18(21)17(12-16)19(2,3)20(22,23)24/h4-5,12,14-15,25H,6-11,13H2,1-3H3. The van der Waals surface area contributed by atoms with Crippen LogP contribution in [0.2, 0.25) is 5.02 Å². The first-order chi connectivity index (χ1) is 12.6. The van der Waals surface area contributed by atoms with Gasteiger partial charge >= 0.3 is 6.18 Å². The lowest BCUT2D eigenvalue weighted by atomic mass is 9.83. The minimum absolute atomic E-state index is 0.146. The van der Waals surface area contributed by atoms with E-state index in [1.165, 1.54) is 13.8 Å². The van der Waals surface area contributed by atoms with Crippen molar-refractivity contribution in [2.45, 2.75) is 57.3 Å². The molecule has 1 unspecified atom stereocenters. The fourth-order valence-electron chi connectivity index (χ4n) is 4.12. The summed E-state index contributed by atoms with van der Waals surface area (Å²) in [5, 5.41) is 3.64. The molecule has 0 spiro atoms. The van der Waals surface area contributed by atoms with E-state index in [1.54, 1.807) is 12.1 Å². The summed E-state index contributed by atoms with van der Waals surface area (Å²) in [6.45, 7) is 9.46. The number of alkyl halides is 3. The Labute approximate surface area is 164 Å². The van der Waals surface area contributed by atoms with Gasteiger partial charge in [0.1, 0.15) is 0 Å². The summed E-state index contributed by atoms with van der Waals surface area (Å²) in [7, 11) is 0. The highest BCUT2D eigenvalue weighted by atomic mass is 35.5. The van der Waals surface area contributed by atoms with Crippen LogP contribution in [0, 0.1) is 0 Å². The van der Waals surface area contributed by atoms with Crippen LogP contribution in [0.1, 0.15) is 39.2 Å². The number of piperidine rings is 1. The maximum absolute atomic E-state index is 13.5. The zero-order chi connectivity index (χ0) is 19.8. The molecule has 152 valence electrons. The van der Waals surface area contributed by atoms with Gasteiger partial charge in [-0.2, -0.15) is 13.2 Å². The minimum atomic E-state index is -4.35. The highest BCUT2D eigenvalue weighted by Gasteiger charge is 2.49. The molecular weight excluding hydrogens is 375 g/mol. The highest BCUT2D eigenvalue weighted by Crippen LogP contribution is 2.44. The Morgan fingerprint density at radius 1 is 1.11 bits per heavy atom. The number of nitrogens with one attached hydrogen (secondary N) is 1. The van der Waals surface area contributed by atoms with E-state index >= 15 is 0 Å². The molecule has 0 radical (unpaired) electrons. The Balaban J connectivity index is 1.71. The molecule has 0 bridgehead atoms. The Kier molecular flexibility index (Phi) is 5.99. The number of halogens is 4. The zero-order valence-corrected chi connectivity index (χ0v) is 17.0. The van der Waals surface area contributed by atoms with Gasteiger partial charge in [-0.05, 0) is 57.4 Å². The van der Waals surface area contributed by atoms with E-state index in [0.717, 1.165) is 51.3 Å². The van der Waals surface area contributed by atoms with Crippen molar-refractivity contribution in [3.8, 4) is 0 Å². The molecule has 27 heavy (non-hydrogen) atoms. The Bertz CT molecular complexity index is 654. The van der Waals surface area contributed by atoms with E-state index in [9.17, 15) is 13.2 Å². The Morgan fingerprint density at radius 2 is 1.78 bits per heavy atom. The van der Waals surface area contributed by atoms with Gasteiger partial charge in [-0.25, -0.2) is 0 Å². The molecule has 3 rings (SSSR count). The summed E-state index contributed by atoms with van der Waals surface area (Å²) in [5.41, 5.74) is -0.999.